The second-order valence-corrected chi connectivity index (χ2v) is 9.74. The summed E-state index contributed by atoms with van der Waals surface area (Å²) in [4.78, 5) is 29.1. The molecule has 1 atom stereocenters. The number of hydrogen-bond donors (Lipinski definition) is 2. The number of nitrogens with zero attached hydrogens (tertiary/aromatic N) is 2. The highest BCUT2D eigenvalue weighted by Gasteiger charge is 2.24. The molecule has 3 rings (SSSR count). The number of nitrogens with one attached hydrogen (secondary N) is 2. The SMILES string of the molecule is COc1ccc(S(=O)(=O)N[C@@H](C)C(=O)Nc2ccc(C(=O)N3CCN(C)CC3)cc2)cc1OC. The van der Waals surface area contributed by atoms with E-state index in [1.165, 1.54) is 39.3 Å². The van der Waals surface area contributed by atoms with Gasteiger partial charge in [0.25, 0.3) is 5.91 Å². The normalized spacial score (nSPS) is 15.5. The molecule has 0 spiro atoms. The van der Waals surface area contributed by atoms with Crippen molar-refractivity contribution in [3.05, 3.63) is 48.0 Å². The monoisotopic (exact) mass is 490 g/mol. The molecule has 1 aliphatic rings. The lowest BCUT2D eigenvalue weighted by Crippen LogP contribution is -2.47. The molecule has 1 aliphatic heterocycles. The Bertz CT molecular complexity index is 1130. The van der Waals surface area contributed by atoms with E-state index >= 15 is 0 Å². The summed E-state index contributed by atoms with van der Waals surface area (Å²) in [5.74, 6) is 0.0553. The molecule has 0 saturated carbocycles. The molecule has 0 radical (unpaired) electrons. The Morgan fingerprint density at radius 2 is 1.56 bits per heavy atom. The molecule has 2 aromatic carbocycles. The number of methoxy groups -OCH3 is 2. The summed E-state index contributed by atoms with van der Waals surface area (Å²) < 4.78 is 38.1. The Balaban J connectivity index is 1.61. The molecule has 2 N–H and O–H groups in total. The Morgan fingerprint density at radius 1 is 0.941 bits per heavy atom. The maximum atomic E-state index is 12.7. The van der Waals surface area contributed by atoms with Crippen LogP contribution in [0, 0.1) is 0 Å². The first kappa shape index (κ1) is 25.5. The molecule has 1 heterocycles. The first-order valence-corrected chi connectivity index (χ1v) is 12.3. The van der Waals surface area contributed by atoms with Gasteiger partial charge in [0.15, 0.2) is 11.5 Å². The van der Waals surface area contributed by atoms with E-state index < -0.39 is 22.0 Å². The summed E-state index contributed by atoms with van der Waals surface area (Å²) in [6, 6.07) is 9.65. The van der Waals surface area contributed by atoms with Crippen LogP contribution in [0.1, 0.15) is 17.3 Å². The quantitative estimate of drug-likeness (QED) is 0.574. The molecule has 1 saturated heterocycles. The van der Waals surface area contributed by atoms with Crippen LogP contribution < -0.4 is 19.5 Å². The lowest BCUT2D eigenvalue weighted by atomic mass is 10.1. The van der Waals surface area contributed by atoms with Gasteiger partial charge in [0.05, 0.1) is 25.2 Å². The molecule has 0 unspecified atom stereocenters. The van der Waals surface area contributed by atoms with E-state index in [2.05, 4.69) is 14.9 Å². The Hall–Kier alpha value is -3.15. The minimum Gasteiger partial charge on any atom is -0.493 e. The molecule has 11 heteroatoms. The van der Waals surface area contributed by atoms with Gasteiger partial charge >= 0.3 is 0 Å². The third kappa shape index (κ3) is 6.04. The summed E-state index contributed by atoms with van der Waals surface area (Å²) in [7, 11) is 0.888. The molecule has 0 aliphatic carbocycles. The van der Waals surface area contributed by atoms with Crippen LogP contribution in [0.3, 0.4) is 0 Å². The van der Waals surface area contributed by atoms with Gasteiger partial charge in [0.1, 0.15) is 0 Å². The first-order chi connectivity index (χ1) is 16.1. The van der Waals surface area contributed by atoms with Gasteiger partial charge in [-0.1, -0.05) is 0 Å². The molecule has 2 amide bonds. The zero-order valence-electron chi connectivity index (χ0n) is 19.7. The van der Waals surface area contributed by atoms with Gasteiger partial charge in [-0.2, -0.15) is 4.72 Å². The van der Waals surface area contributed by atoms with E-state index in [0.717, 1.165) is 13.1 Å². The Labute approximate surface area is 199 Å². The van der Waals surface area contributed by atoms with Crippen LogP contribution in [0.5, 0.6) is 11.5 Å². The van der Waals surface area contributed by atoms with E-state index in [4.69, 9.17) is 9.47 Å². The van der Waals surface area contributed by atoms with Gasteiger partial charge < -0.3 is 24.6 Å². The van der Waals surface area contributed by atoms with Crippen molar-refractivity contribution < 1.29 is 27.5 Å². The number of amides is 2. The summed E-state index contributed by atoms with van der Waals surface area (Å²) in [6.45, 7) is 4.45. The molecule has 0 bridgehead atoms. The van der Waals surface area contributed by atoms with Crippen LogP contribution in [0.2, 0.25) is 0 Å². The second-order valence-electron chi connectivity index (χ2n) is 8.02. The number of rotatable bonds is 8. The van der Waals surface area contributed by atoms with Crippen molar-refractivity contribution in [3.63, 3.8) is 0 Å². The van der Waals surface area contributed by atoms with Gasteiger partial charge in [0, 0.05) is 43.5 Å². The van der Waals surface area contributed by atoms with Crippen molar-refractivity contribution in [1.82, 2.24) is 14.5 Å². The molecule has 184 valence electrons. The average molecular weight is 491 g/mol. The molecule has 34 heavy (non-hydrogen) atoms. The number of piperazine rings is 1. The number of ether oxygens (including phenoxy) is 2. The van der Waals surface area contributed by atoms with Gasteiger partial charge in [-0.25, -0.2) is 8.42 Å². The minimum absolute atomic E-state index is 0.0537. The number of benzene rings is 2. The van der Waals surface area contributed by atoms with Gasteiger partial charge in [-0.3, -0.25) is 9.59 Å². The van der Waals surface area contributed by atoms with Gasteiger partial charge in [-0.05, 0) is 50.4 Å². The van der Waals surface area contributed by atoms with Crippen molar-refractivity contribution in [2.75, 3.05) is 52.8 Å². The van der Waals surface area contributed by atoms with E-state index in [0.29, 0.717) is 30.1 Å². The van der Waals surface area contributed by atoms with Gasteiger partial charge in [0.2, 0.25) is 15.9 Å². The summed E-state index contributed by atoms with van der Waals surface area (Å²) >= 11 is 0. The van der Waals surface area contributed by atoms with Crippen LogP contribution in [-0.2, 0) is 14.8 Å². The molecular formula is C23H30N4O6S. The average Bonchev–Trinajstić information content (AvgIpc) is 2.83. The van der Waals surface area contributed by atoms with Crippen molar-refractivity contribution in [3.8, 4) is 11.5 Å². The molecule has 1 fully saturated rings. The minimum atomic E-state index is -3.99. The predicted octanol–water partition coefficient (Wildman–Crippen LogP) is 1.40. The fourth-order valence-electron chi connectivity index (χ4n) is 3.48. The summed E-state index contributed by atoms with van der Waals surface area (Å²) in [5, 5.41) is 2.67. The van der Waals surface area contributed by atoms with Crippen molar-refractivity contribution in [2.24, 2.45) is 0 Å². The first-order valence-electron chi connectivity index (χ1n) is 10.8. The van der Waals surface area contributed by atoms with Crippen molar-refractivity contribution in [2.45, 2.75) is 17.9 Å². The zero-order chi connectivity index (χ0) is 24.9. The van der Waals surface area contributed by atoms with Crippen LogP contribution in [0.15, 0.2) is 47.4 Å². The zero-order valence-corrected chi connectivity index (χ0v) is 20.5. The number of sulfonamides is 1. The number of carbonyl (C=O) groups excluding carboxylic acids is 2. The molecular weight excluding hydrogens is 460 g/mol. The molecule has 10 nitrogen and oxygen atoms in total. The fraction of sp³-hybridized carbons (Fsp3) is 0.391. The molecule has 2 aromatic rings. The standard InChI is InChI=1S/C23H30N4O6S/c1-16(25-34(30,31)19-9-10-20(32-3)21(15-19)33-4)22(28)24-18-7-5-17(6-8-18)23(29)27-13-11-26(2)12-14-27/h5-10,15-16,25H,11-14H2,1-4H3,(H,24,28)/t16-/m0/s1. The fourth-order valence-corrected chi connectivity index (χ4v) is 4.69. The van der Waals surface area contributed by atoms with Crippen LogP contribution in [0.25, 0.3) is 0 Å². The van der Waals surface area contributed by atoms with E-state index in [-0.39, 0.29) is 16.6 Å². The largest absolute Gasteiger partial charge is 0.493 e. The summed E-state index contributed by atoms with van der Waals surface area (Å²) in [6.07, 6.45) is 0. The number of anilines is 1. The summed E-state index contributed by atoms with van der Waals surface area (Å²) in [5.41, 5.74) is 0.988. The predicted molar refractivity (Wildman–Crippen MR) is 128 cm³/mol. The third-order valence-corrected chi connectivity index (χ3v) is 7.12. The molecule has 0 aromatic heterocycles. The van der Waals surface area contributed by atoms with E-state index in [1.54, 1.807) is 29.2 Å². The lowest BCUT2D eigenvalue weighted by Gasteiger charge is -2.32. The maximum Gasteiger partial charge on any atom is 0.253 e. The van der Waals surface area contributed by atoms with Gasteiger partial charge in [-0.15, -0.1) is 0 Å². The van der Waals surface area contributed by atoms with Crippen molar-refractivity contribution in [1.29, 1.82) is 0 Å². The lowest BCUT2D eigenvalue weighted by molar-refractivity contribution is -0.117. The van der Waals surface area contributed by atoms with Crippen LogP contribution in [0.4, 0.5) is 5.69 Å². The Morgan fingerprint density at radius 3 is 2.15 bits per heavy atom. The van der Waals surface area contributed by atoms with E-state index in [1.807, 2.05) is 7.05 Å². The smallest absolute Gasteiger partial charge is 0.253 e. The highest BCUT2D eigenvalue weighted by Crippen LogP contribution is 2.29. The van der Waals surface area contributed by atoms with Crippen molar-refractivity contribution >= 4 is 27.5 Å². The highest BCUT2D eigenvalue weighted by atomic mass is 32.2. The second kappa shape index (κ2) is 10.9. The van der Waals surface area contributed by atoms with Crippen LogP contribution >= 0.6 is 0 Å². The number of hydrogen-bond acceptors (Lipinski definition) is 7. The van der Waals surface area contributed by atoms with Crippen LogP contribution in [-0.4, -0.2) is 83.5 Å². The number of carbonyl (C=O) groups is 2. The third-order valence-electron chi connectivity index (χ3n) is 5.58. The Kier molecular flexibility index (Phi) is 8.13. The topological polar surface area (TPSA) is 117 Å². The number of likely N-dealkylation sites (N-methyl/N-ethyl adjacent to an activating group) is 1. The van der Waals surface area contributed by atoms with E-state index in [9.17, 15) is 18.0 Å². The highest BCUT2D eigenvalue weighted by molar-refractivity contribution is 7.89. The maximum absolute atomic E-state index is 12.7.